The van der Waals surface area contributed by atoms with Gasteiger partial charge >= 0.3 is 5.97 Å². The summed E-state index contributed by atoms with van der Waals surface area (Å²) >= 11 is 1.13. The molecule has 1 heterocycles. The fraction of sp³-hybridized carbons (Fsp3) is 0.286. The largest absolute Gasteiger partial charge is 0.480 e. The van der Waals surface area contributed by atoms with Crippen molar-refractivity contribution in [3.8, 4) is 0 Å². The smallest absolute Gasteiger partial charge is 0.328 e. The number of amides is 1. The second kappa shape index (κ2) is 6.19. The van der Waals surface area contributed by atoms with Crippen molar-refractivity contribution in [3.05, 3.63) is 34.5 Å². The number of thiophene rings is 1. The van der Waals surface area contributed by atoms with Crippen LogP contribution in [0.5, 0.6) is 0 Å². The van der Waals surface area contributed by atoms with Crippen LogP contribution in [0.4, 0.5) is 4.39 Å². The summed E-state index contributed by atoms with van der Waals surface area (Å²) in [7, 11) is 1.36. The summed E-state index contributed by atoms with van der Waals surface area (Å²) in [4.78, 5) is 23.6. The Labute approximate surface area is 124 Å². The van der Waals surface area contributed by atoms with E-state index in [4.69, 9.17) is 9.84 Å². The van der Waals surface area contributed by atoms with E-state index in [0.29, 0.717) is 15.1 Å². The highest BCUT2D eigenvalue weighted by Crippen LogP contribution is 2.31. The standard InChI is InChI=1S/C14H14FNO4S/c1-7-9-4-3-8(15)5-11(9)21-12(7)13(17)16-10(6-20-2)14(18)19/h3-5,10H,6H2,1-2H3,(H,16,17)(H,18,19). The Kier molecular flexibility index (Phi) is 4.54. The van der Waals surface area contributed by atoms with Gasteiger partial charge < -0.3 is 15.2 Å². The van der Waals surface area contributed by atoms with Gasteiger partial charge in [-0.05, 0) is 30.0 Å². The van der Waals surface area contributed by atoms with E-state index in [1.54, 1.807) is 13.0 Å². The molecule has 0 fully saturated rings. The number of carboxylic acids is 1. The molecule has 1 aromatic heterocycles. The first-order valence-corrected chi connectivity index (χ1v) is 6.97. The van der Waals surface area contributed by atoms with E-state index in [1.807, 2.05) is 0 Å². The first-order valence-electron chi connectivity index (χ1n) is 6.15. The van der Waals surface area contributed by atoms with E-state index < -0.39 is 17.9 Å². The highest BCUT2D eigenvalue weighted by atomic mass is 32.1. The first kappa shape index (κ1) is 15.4. The van der Waals surface area contributed by atoms with Gasteiger partial charge in [0, 0.05) is 11.8 Å². The third-order valence-corrected chi connectivity index (χ3v) is 4.30. The zero-order chi connectivity index (χ0) is 15.6. The molecule has 0 aliphatic carbocycles. The first-order chi connectivity index (χ1) is 9.93. The van der Waals surface area contributed by atoms with Crippen molar-refractivity contribution in [3.63, 3.8) is 0 Å². The van der Waals surface area contributed by atoms with Crippen LogP contribution in [0.1, 0.15) is 15.2 Å². The fourth-order valence-electron chi connectivity index (χ4n) is 1.98. The molecule has 1 atom stereocenters. The number of methoxy groups -OCH3 is 1. The second-order valence-electron chi connectivity index (χ2n) is 4.52. The molecule has 0 aliphatic rings. The van der Waals surface area contributed by atoms with E-state index >= 15 is 0 Å². The number of carbonyl (C=O) groups excluding carboxylic acids is 1. The lowest BCUT2D eigenvalue weighted by Gasteiger charge is -2.12. The van der Waals surface area contributed by atoms with Crippen LogP contribution in [-0.2, 0) is 9.53 Å². The lowest BCUT2D eigenvalue weighted by atomic mass is 10.1. The van der Waals surface area contributed by atoms with Crippen LogP contribution in [0.2, 0.25) is 0 Å². The highest BCUT2D eigenvalue weighted by molar-refractivity contribution is 7.21. The summed E-state index contributed by atoms with van der Waals surface area (Å²) in [6.45, 7) is 1.62. The minimum Gasteiger partial charge on any atom is -0.480 e. The van der Waals surface area contributed by atoms with Crippen molar-refractivity contribution in [2.24, 2.45) is 0 Å². The van der Waals surface area contributed by atoms with Crippen molar-refractivity contribution < 1.29 is 23.8 Å². The number of carboxylic acid groups (broad SMARTS) is 1. The lowest BCUT2D eigenvalue weighted by molar-refractivity contribution is -0.140. The number of benzene rings is 1. The fourth-order valence-corrected chi connectivity index (χ4v) is 3.12. The van der Waals surface area contributed by atoms with Crippen LogP contribution in [0, 0.1) is 12.7 Å². The number of rotatable bonds is 5. The number of aliphatic carboxylic acids is 1. The predicted molar refractivity (Wildman–Crippen MR) is 77.3 cm³/mol. The molecule has 2 rings (SSSR count). The van der Waals surface area contributed by atoms with E-state index in [-0.39, 0.29) is 12.4 Å². The molecular weight excluding hydrogens is 297 g/mol. The number of nitrogens with one attached hydrogen (secondary N) is 1. The SMILES string of the molecule is COCC(NC(=O)c1sc2cc(F)ccc2c1C)C(=O)O. The van der Waals surface area contributed by atoms with Crippen molar-refractivity contribution in [1.82, 2.24) is 5.32 Å². The monoisotopic (exact) mass is 311 g/mol. The zero-order valence-electron chi connectivity index (χ0n) is 11.5. The Balaban J connectivity index is 2.30. The maximum atomic E-state index is 13.2. The molecule has 112 valence electrons. The van der Waals surface area contributed by atoms with Gasteiger partial charge in [0.25, 0.3) is 5.91 Å². The molecule has 2 aromatic rings. The van der Waals surface area contributed by atoms with E-state index in [2.05, 4.69) is 5.32 Å². The van der Waals surface area contributed by atoms with Gasteiger partial charge in [0.15, 0.2) is 6.04 Å². The van der Waals surface area contributed by atoms with Crippen molar-refractivity contribution in [2.45, 2.75) is 13.0 Å². The maximum Gasteiger partial charge on any atom is 0.328 e. The molecule has 1 aromatic carbocycles. The molecule has 2 N–H and O–H groups in total. The molecule has 0 spiro atoms. The highest BCUT2D eigenvalue weighted by Gasteiger charge is 2.23. The minimum absolute atomic E-state index is 0.125. The van der Waals surface area contributed by atoms with Crippen LogP contribution >= 0.6 is 11.3 Å². The Morgan fingerprint density at radius 3 is 2.81 bits per heavy atom. The van der Waals surface area contributed by atoms with Gasteiger partial charge in [0.1, 0.15) is 5.82 Å². The number of halogens is 1. The lowest BCUT2D eigenvalue weighted by Crippen LogP contribution is -2.43. The van der Waals surface area contributed by atoms with Gasteiger partial charge in [-0.15, -0.1) is 11.3 Å². The van der Waals surface area contributed by atoms with E-state index in [0.717, 1.165) is 16.7 Å². The Bertz CT molecular complexity index is 698. The number of hydrogen-bond donors (Lipinski definition) is 2. The van der Waals surface area contributed by atoms with Gasteiger partial charge in [-0.1, -0.05) is 6.07 Å². The molecule has 0 bridgehead atoms. The van der Waals surface area contributed by atoms with Crippen LogP contribution in [0.15, 0.2) is 18.2 Å². The molecule has 7 heteroatoms. The molecule has 0 saturated carbocycles. The van der Waals surface area contributed by atoms with Crippen molar-refractivity contribution >= 4 is 33.3 Å². The molecule has 0 aliphatic heterocycles. The number of aryl methyl sites for hydroxylation is 1. The zero-order valence-corrected chi connectivity index (χ0v) is 12.3. The molecule has 5 nitrogen and oxygen atoms in total. The quantitative estimate of drug-likeness (QED) is 0.887. The summed E-state index contributed by atoms with van der Waals surface area (Å²) in [5.74, 6) is -2.05. The van der Waals surface area contributed by atoms with Gasteiger partial charge in [-0.25, -0.2) is 9.18 Å². The Hall–Kier alpha value is -1.99. The van der Waals surface area contributed by atoms with Crippen molar-refractivity contribution in [2.75, 3.05) is 13.7 Å². The summed E-state index contributed by atoms with van der Waals surface area (Å²) in [6.07, 6.45) is 0. The third kappa shape index (κ3) is 3.20. The van der Waals surface area contributed by atoms with Crippen LogP contribution in [0.3, 0.4) is 0 Å². The summed E-state index contributed by atoms with van der Waals surface area (Å²) in [6, 6.07) is 3.17. The Morgan fingerprint density at radius 2 is 2.19 bits per heavy atom. The molecule has 1 amide bonds. The van der Waals surface area contributed by atoms with Gasteiger partial charge in [0.2, 0.25) is 0 Å². The topological polar surface area (TPSA) is 75.6 Å². The number of carbonyl (C=O) groups is 2. The molecule has 0 radical (unpaired) electrons. The number of fused-ring (bicyclic) bond motifs is 1. The molecule has 0 saturated heterocycles. The summed E-state index contributed by atoms with van der Waals surface area (Å²) in [5.41, 5.74) is 0.703. The van der Waals surface area contributed by atoms with Gasteiger partial charge in [0.05, 0.1) is 11.5 Å². The molecule has 1 unspecified atom stereocenters. The Morgan fingerprint density at radius 1 is 1.48 bits per heavy atom. The number of ether oxygens (including phenoxy) is 1. The second-order valence-corrected chi connectivity index (χ2v) is 5.57. The molecular formula is C14H14FNO4S. The normalized spacial score (nSPS) is 12.3. The van der Waals surface area contributed by atoms with Crippen LogP contribution in [-0.4, -0.2) is 36.7 Å². The molecule has 21 heavy (non-hydrogen) atoms. The van der Waals surface area contributed by atoms with Gasteiger partial charge in [-0.3, -0.25) is 4.79 Å². The predicted octanol–water partition coefficient (Wildman–Crippen LogP) is 2.18. The average Bonchev–Trinajstić information content (AvgIpc) is 2.74. The van der Waals surface area contributed by atoms with E-state index in [1.165, 1.54) is 19.2 Å². The van der Waals surface area contributed by atoms with Crippen molar-refractivity contribution in [1.29, 1.82) is 0 Å². The average molecular weight is 311 g/mol. The van der Waals surface area contributed by atoms with Crippen LogP contribution < -0.4 is 5.32 Å². The summed E-state index contributed by atoms with van der Waals surface area (Å²) in [5, 5.41) is 12.2. The maximum absolute atomic E-state index is 13.2. The van der Waals surface area contributed by atoms with Crippen LogP contribution in [0.25, 0.3) is 10.1 Å². The summed E-state index contributed by atoms with van der Waals surface area (Å²) < 4.78 is 18.6. The van der Waals surface area contributed by atoms with E-state index in [9.17, 15) is 14.0 Å². The third-order valence-electron chi connectivity index (χ3n) is 3.04. The minimum atomic E-state index is -1.17. The van der Waals surface area contributed by atoms with Gasteiger partial charge in [-0.2, -0.15) is 0 Å². The number of hydrogen-bond acceptors (Lipinski definition) is 4.